The van der Waals surface area contributed by atoms with Crippen molar-refractivity contribution in [1.29, 1.82) is 0 Å². The van der Waals surface area contributed by atoms with E-state index in [0.29, 0.717) is 10.7 Å². The summed E-state index contributed by atoms with van der Waals surface area (Å²) in [5.74, 6) is -2.81. The number of primary amides is 1. The van der Waals surface area contributed by atoms with Crippen molar-refractivity contribution in [2.45, 2.75) is 12.1 Å². The van der Waals surface area contributed by atoms with Crippen molar-refractivity contribution in [3.8, 4) is 0 Å². The topological polar surface area (TPSA) is 84.9 Å². The molecule has 5 rings (SSSR count). The number of hydrogen-bond acceptors (Lipinski definition) is 3. The summed E-state index contributed by atoms with van der Waals surface area (Å²) in [4.78, 5) is 41.0. The van der Waals surface area contributed by atoms with Gasteiger partial charge in [-0.15, -0.1) is 0 Å². The number of quaternary nitrogens is 1. The first kappa shape index (κ1) is 17.2. The number of halogens is 1. The number of nitrogens with zero attached hydrogens (tertiary/aromatic N) is 1. The van der Waals surface area contributed by atoms with Gasteiger partial charge in [0.15, 0.2) is 6.04 Å². The van der Waals surface area contributed by atoms with Gasteiger partial charge in [0.2, 0.25) is 11.8 Å². The number of para-hydroxylation sites is 1. The molecule has 3 amide bonds. The second kappa shape index (κ2) is 6.02. The summed E-state index contributed by atoms with van der Waals surface area (Å²) in [6, 6.07) is 13.3. The van der Waals surface area contributed by atoms with Gasteiger partial charge in [0.25, 0.3) is 5.91 Å². The number of nitrogens with one attached hydrogen (secondary N) is 1. The smallest absolute Gasteiger partial charge is 0.277 e. The second-order valence-corrected chi connectivity index (χ2v) is 7.74. The maximum Gasteiger partial charge on any atom is 0.277 e. The fraction of sp³-hybridized carbons (Fsp3) is 0.190. The molecular weight excluding hydrogens is 378 g/mol. The van der Waals surface area contributed by atoms with Crippen LogP contribution < -0.4 is 15.5 Å². The van der Waals surface area contributed by atoms with Crippen molar-refractivity contribution in [3.63, 3.8) is 0 Å². The quantitative estimate of drug-likeness (QED) is 0.743. The van der Waals surface area contributed by atoms with Crippen molar-refractivity contribution in [2.24, 2.45) is 17.6 Å². The Bertz CT molecular complexity index is 1070. The molecule has 0 spiro atoms. The molecule has 140 valence electrons. The SMILES string of the molecule is NC(=O)[C@H]1[C@@H]2C(=O)N(c3ccccc3Cl)C(=O)[C@@H]2[C@@H]2c3ccccc3C=C[NH+]12. The van der Waals surface area contributed by atoms with Crippen molar-refractivity contribution < 1.29 is 19.3 Å². The molecule has 3 N–H and O–H groups in total. The predicted molar refractivity (Wildman–Crippen MR) is 103 cm³/mol. The van der Waals surface area contributed by atoms with E-state index in [0.717, 1.165) is 20.9 Å². The van der Waals surface area contributed by atoms with Crippen molar-refractivity contribution in [2.75, 3.05) is 4.90 Å². The van der Waals surface area contributed by atoms with Gasteiger partial charge in [-0.05, 0) is 23.8 Å². The van der Waals surface area contributed by atoms with Crippen LogP contribution >= 0.6 is 11.6 Å². The van der Waals surface area contributed by atoms with Crippen LogP contribution in [0.2, 0.25) is 5.02 Å². The lowest BCUT2D eigenvalue weighted by Gasteiger charge is -2.30. The Morgan fingerprint density at radius 2 is 1.68 bits per heavy atom. The monoisotopic (exact) mass is 394 g/mol. The molecule has 7 heteroatoms. The number of amides is 3. The average Bonchev–Trinajstić information content (AvgIpc) is 3.16. The highest BCUT2D eigenvalue weighted by Crippen LogP contribution is 2.45. The molecule has 0 saturated carbocycles. The number of benzene rings is 2. The van der Waals surface area contributed by atoms with Crippen molar-refractivity contribution in [1.82, 2.24) is 0 Å². The van der Waals surface area contributed by atoms with E-state index < -0.39 is 29.7 Å². The Morgan fingerprint density at radius 3 is 2.43 bits per heavy atom. The molecule has 5 atom stereocenters. The Morgan fingerprint density at radius 1 is 1.00 bits per heavy atom. The third kappa shape index (κ3) is 2.16. The van der Waals surface area contributed by atoms with Gasteiger partial charge >= 0.3 is 0 Å². The van der Waals surface area contributed by atoms with E-state index in [4.69, 9.17) is 17.3 Å². The minimum atomic E-state index is -0.808. The van der Waals surface area contributed by atoms with Crippen molar-refractivity contribution >= 4 is 41.1 Å². The van der Waals surface area contributed by atoms with Gasteiger partial charge < -0.3 is 5.73 Å². The maximum atomic E-state index is 13.4. The molecular formula is C21H17ClN3O3+. The van der Waals surface area contributed by atoms with Crippen LogP contribution in [0.15, 0.2) is 54.7 Å². The highest BCUT2D eigenvalue weighted by molar-refractivity contribution is 6.36. The van der Waals surface area contributed by atoms with E-state index in [2.05, 4.69) is 0 Å². The summed E-state index contributed by atoms with van der Waals surface area (Å²) in [6.07, 6.45) is 3.76. The van der Waals surface area contributed by atoms with Gasteiger partial charge in [-0.2, -0.15) is 0 Å². The number of nitrogens with two attached hydrogens (primary N) is 1. The van der Waals surface area contributed by atoms with Crippen LogP contribution in [0.5, 0.6) is 0 Å². The lowest BCUT2D eigenvalue weighted by molar-refractivity contribution is -0.884. The van der Waals surface area contributed by atoms with Crippen LogP contribution in [-0.4, -0.2) is 23.8 Å². The first-order valence-corrected chi connectivity index (χ1v) is 9.44. The Labute approximate surface area is 166 Å². The van der Waals surface area contributed by atoms with E-state index in [1.165, 1.54) is 0 Å². The molecule has 6 nitrogen and oxygen atoms in total. The van der Waals surface area contributed by atoms with E-state index in [9.17, 15) is 14.4 Å². The van der Waals surface area contributed by atoms with Crippen LogP contribution in [0.25, 0.3) is 6.08 Å². The summed E-state index contributed by atoms with van der Waals surface area (Å²) in [7, 11) is 0. The van der Waals surface area contributed by atoms with Crippen LogP contribution in [0, 0.1) is 11.8 Å². The number of hydrogen-bond donors (Lipinski definition) is 2. The minimum Gasteiger partial charge on any atom is -0.364 e. The van der Waals surface area contributed by atoms with Gasteiger partial charge in [-0.25, -0.2) is 4.90 Å². The molecule has 3 aliphatic heterocycles. The summed E-state index contributed by atoms with van der Waals surface area (Å²) in [6.45, 7) is 0. The number of rotatable bonds is 2. The second-order valence-electron chi connectivity index (χ2n) is 7.33. The Balaban J connectivity index is 1.67. The number of carbonyl (C=O) groups is 3. The molecule has 2 fully saturated rings. The maximum absolute atomic E-state index is 13.4. The summed E-state index contributed by atoms with van der Waals surface area (Å²) in [5.41, 5.74) is 7.97. The third-order valence-corrected chi connectivity index (χ3v) is 6.34. The van der Waals surface area contributed by atoms with Gasteiger partial charge in [-0.1, -0.05) is 48.0 Å². The number of carbonyl (C=O) groups excluding carboxylic acids is 3. The highest BCUT2D eigenvalue weighted by atomic mass is 35.5. The van der Waals surface area contributed by atoms with E-state index in [1.807, 2.05) is 36.5 Å². The molecule has 0 bridgehead atoms. The van der Waals surface area contributed by atoms with Gasteiger partial charge in [0, 0.05) is 5.56 Å². The molecule has 2 aromatic carbocycles. The highest BCUT2D eigenvalue weighted by Gasteiger charge is 2.68. The molecule has 3 heterocycles. The number of imide groups is 1. The molecule has 0 radical (unpaired) electrons. The van der Waals surface area contributed by atoms with Gasteiger partial charge in [0.1, 0.15) is 17.9 Å². The third-order valence-electron chi connectivity index (χ3n) is 6.02. The van der Waals surface area contributed by atoms with E-state index in [-0.39, 0.29) is 11.9 Å². The lowest BCUT2D eigenvalue weighted by atomic mass is 9.84. The first-order valence-electron chi connectivity index (χ1n) is 9.06. The first-order chi connectivity index (χ1) is 13.5. The van der Waals surface area contributed by atoms with Crippen LogP contribution in [0.4, 0.5) is 5.69 Å². The molecule has 1 unspecified atom stereocenters. The van der Waals surface area contributed by atoms with Crippen molar-refractivity contribution in [3.05, 3.63) is 70.9 Å². The Hall–Kier alpha value is -2.96. The largest absolute Gasteiger partial charge is 0.364 e. The molecule has 0 aromatic heterocycles. The summed E-state index contributed by atoms with van der Waals surface area (Å²) >= 11 is 6.25. The molecule has 2 saturated heterocycles. The fourth-order valence-corrected chi connectivity index (χ4v) is 5.17. The summed E-state index contributed by atoms with van der Waals surface area (Å²) < 4.78 is 0. The lowest BCUT2D eigenvalue weighted by Crippen LogP contribution is -3.12. The molecule has 2 aromatic rings. The number of fused-ring (bicyclic) bond motifs is 5. The normalized spacial score (nSPS) is 30.2. The van der Waals surface area contributed by atoms with Crippen LogP contribution in [-0.2, 0) is 14.4 Å². The average molecular weight is 395 g/mol. The zero-order valence-corrected chi connectivity index (χ0v) is 15.5. The standard InChI is InChI=1S/C21H16ClN3O3/c22-13-7-3-4-8-14(13)25-20(27)15-16(21(25)28)18(19(23)26)24-10-9-11-5-1-2-6-12(11)17(15)24/h1-10,15-18H,(H2,23,26)/p+1/t15-,16+,17-,18+/m0/s1. The number of anilines is 1. The molecule has 28 heavy (non-hydrogen) atoms. The predicted octanol–water partition coefficient (Wildman–Crippen LogP) is 0.924. The van der Waals surface area contributed by atoms with Gasteiger partial charge in [0.05, 0.1) is 16.9 Å². The minimum absolute atomic E-state index is 0.313. The van der Waals surface area contributed by atoms with E-state index in [1.54, 1.807) is 24.3 Å². The van der Waals surface area contributed by atoms with E-state index >= 15 is 0 Å². The Kier molecular flexibility index (Phi) is 3.69. The van der Waals surface area contributed by atoms with Gasteiger partial charge in [-0.3, -0.25) is 19.3 Å². The molecule has 3 aliphatic rings. The van der Waals surface area contributed by atoms with Crippen LogP contribution in [0.3, 0.4) is 0 Å². The fourth-order valence-electron chi connectivity index (χ4n) is 4.95. The zero-order valence-electron chi connectivity index (χ0n) is 14.7. The van der Waals surface area contributed by atoms with Crippen LogP contribution in [0.1, 0.15) is 17.2 Å². The zero-order chi connectivity index (χ0) is 19.6. The summed E-state index contributed by atoms with van der Waals surface area (Å²) in [5, 5.41) is 0.313. The molecule has 0 aliphatic carbocycles.